The van der Waals surface area contributed by atoms with Crippen molar-refractivity contribution in [3.8, 4) is 5.75 Å². The summed E-state index contributed by atoms with van der Waals surface area (Å²) in [6.07, 6.45) is 1.31. The largest absolute Gasteiger partial charge is 0.495 e. The van der Waals surface area contributed by atoms with Crippen molar-refractivity contribution in [3.05, 3.63) is 70.4 Å². The Hall–Kier alpha value is -2.59. The standard InChI is InChI=1S/C17H12ClNO3/c1-22-16-7-6-10(8-13(16)18)19-14-9-15(20)11-4-2-3-5-12(11)17(14)21/h2-9,19H,1H3. The third-order valence-corrected chi connectivity index (χ3v) is 3.68. The lowest BCUT2D eigenvalue weighted by atomic mass is 9.92. The molecule has 2 aromatic carbocycles. The molecule has 0 aliphatic heterocycles. The van der Waals surface area contributed by atoms with Crippen molar-refractivity contribution in [1.82, 2.24) is 0 Å². The average Bonchev–Trinajstić information content (AvgIpc) is 2.52. The molecule has 0 aromatic heterocycles. The van der Waals surface area contributed by atoms with E-state index in [-0.39, 0.29) is 17.3 Å². The Balaban J connectivity index is 1.92. The van der Waals surface area contributed by atoms with Crippen molar-refractivity contribution >= 4 is 28.9 Å². The zero-order valence-electron chi connectivity index (χ0n) is 11.7. The summed E-state index contributed by atoms with van der Waals surface area (Å²) in [4.78, 5) is 24.5. The van der Waals surface area contributed by atoms with E-state index < -0.39 is 0 Å². The first-order valence-electron chi connectivity index (χ1n) is 6.60. The van der Waals surface area contributed by atoms with Crippen LogP contribution in [0.25, 0.3) is 0 Å². The summed E-state index contributed by atoms with van der Waals surface area (Å²) in [5.41, 5.74) is 1.66. The van der Waals surface area contributed by atoms with Gasteiger partial charge in [-0.2, -0.15) is 0 Å². The molecule has 3 rings (SSSR count). The van der Waals surface area contributed by atoms with Gasteiger partial charge < -0.3 is 10.1 Å². The van der Waals surface area contributed by atoms with Crippen LogP contribution in [-0.2, 0) is 0 Å². The molecule has 5 heteroatoms. The second-order valence-corrected chi connectivity index (χ2v) is 5.18. The molecule has 1 aliphatic carbocycles. The first-order valence-corrected chi connectivity index (χ1v) is 6.98. The van der Waals surface area contributed by atoms with Crippen molar-refractivity contribution in [1.29, 1.82) is 0 Å². The lowest BCUT2D eigenvalue weighted by molar-refractivity contribution is 0.0985. The highest BCUT2D eigenvalue weighted by molar-refractivity contribution is 6.32. The predicted molar refractivity (Wildman–Crippen MR) is 84.8 cm³/mol. The normalized spacial score (nSPS) is 13.5. The third kappa shape index (κ3) is 2.49. The van der Waals surface area contributed by atoms with Gasteiger partial charge in [0.15, 0.2) is 5.78 Å². The Bertz CT molecular complexity index is 811. The molecule has 0 unspecified atom stereocenters. The molecule has 22 heavy (non-hydrogen) atoms. The Morgan fingerprint density at radius 3 is 2.45 bits per heavy atom. The molecule has 1 aliphatic rings. The fraction of sp³-hybridized carbons (Fsp3) is 0.0588. The van der Waals surface area contributed by atoms with Crippen LogP contribution in [0, 0.1) is 0 Å². The van der Waals surface area contributed by atoms with E-state index in [4.69, 9.17) is 16.3 Å². The van der Waals surface area contributed by atoms with Crippen LogP contribution in [0.4, 0.5) is 5.69 Å². The number of rotatable bonds is 3. The van der Waals surface area contributed by atoms with Crippen LogP contribution in [0.3, 0.4) is 0 Å². The minimum absolute atomic E-state index is 0.197. The van der Waals surface area contributed by atoms with Gasteiger partial charge in [0.25, 0.3) is 0 Å². The number of hydrogen-bond donors (Lipinski definition) is 1. The quantitative estimate of drug-likeness (QED) is 0.938. The van der Waals surface area contributed by atoms with Crippen LogP contribution >= 0.6 is 11.6 Å². The van der Waals surface area contributed by atoms with Crippen molar-refractivity contribution in [2.75, 3.05) is 12.4 Å². The Morgan fingerprint density at radius 1 is 1.05 bits per heavy atom. The number of ketones is 2. The predicted octanol–water partition coefficient (Wildman–Crippen LogP) is 3.72. The summed E-state index contributed by atoms with van der Waals surface area (Å²) in [7, 11) is 1.52. The second-order valence-electron chi connectivity index (χ2n) is 4.77. The molecule has 0 fully saturated rings. The number of Topliss-reactive ketones (excluding diaryl/α,β-unsaturated/α-hetero) is 1. The van der Waals surface area contributed by atoms with Crippen LogP contribution in [0.5, 0.6) is 5.75 Å². The molecular formula is C17H12ClNO3. The fourth-order valence-corrected chi connectivity index (χ4v) is 2.57. The Labute approximate surface area is 132 Å². The number of nitrogens with one attached hydrogen (secondary N) is 1. The van der Waals surface area contributed by atoms with E-state index in [1.807, 2.05) is 0 Å². The number of allylic oxidation sites excluding steroid dienone is 2. The van der Waals surface area contributed by atoms with Gasteiger partial charge in [0.05, 0.1) is 17.8 Å². The minimum atomic E-state index is -0.220. The number of halogens is 1. The van der Waals surface area contributed by atoms with Gasteiger partial charge in [-0.15, -0.1) is 0 Å². The van der Waals surface area contributed by atoms with E-state index in [1.54, 1.807) is 42.5 Å². The third-order valence-electron chi connectivity index (χ3n) is 3.39. The number of hydrogen-bond acceptors (Lipinski definition) is 4. The number of methoxy groups -OCH3 is 1. The zero-order valence-corrected chi connectivity index (χ0v) is 12.5. The van der Waals surface area contributed by atoms with Gasteiger partial charge in [-0.1, -0.05) is 35.9 Å². The number of benzene rings is 2. The number of carbonyl (C=O) groups excluding carboxylic acids is 2. The molecule has 0 atom stereocenters. The molecule has 0 saturated carbocycles. The van der Waals surface area contributed by atoms with Gasteiger partial charge >= 0.3 is 0 Å². The Morgan fingerprint density at radius 2 is 1.77 bits per heavy atom. The van der Waals surface area contributed by atoms with Crippen LogP contribution in [0.2, 0.25) is 5.02 Å². The highest BCUT2D eigenvalue weighted by Gasteiger charge is 2.25. The van der Waals surface area contributed by atoms with Crippen LogP contribution in [-0.4, -0.2) is 18.7 Å². The van der Waals surface area contributed by atoms with Crippen molar-refractivity contribution < 1.29 is 14.3 Å². The molecule has 1 N–H and O–H groups in total. The SMILES string of the molecule is COc1ccc(NC2=CC(=O)c3ccccc3C2=O)cc1Cl. The van der Waals surface area contributed by atoms with Gasteiger partial charge in [0.1, 0.15) is 5.75 Å². The maximum Gasteiger partial charge on any atom is 0.210 e. The zero-order chi connectivity index (χ0) is 15.7. The van der Waals surface area contributed by atoms with Gasteiger partial charge in [-0.3, -0.25) is 9.59 Å². The molecule has 0 amide bonds. The monoisotopic (exact) mass is 313 g/mol. The summed E-state index contributed by atoms with van der Waals surface area (Å²) in [5.74, 6) is 0.122. The smallest absolute Gasteiger partial charge is 0.210 e. The van der Waals surface area contributed by atoms with E-state index in [2.05, 4.69) is 5.32 Å². The van der Waals surface area contributed by atoms with Gasteiger partial charge in [0.2, 0.25) is 5.78 Å². The van der Waals surface area contributed by atoms with Gasteiger partial charge in [0, 0.05) is 22.9 Å². The van der Waals surface area contributed by atoms with E-state index in [0.717, 1.165) is 0 Å². The minimum Gasteiger partial charge on any atom is -0.495 e. The molecular weight excluding hydrogens is 302 g/mol. The molecule has 4 nitrogen and oxygen atoms in total. The molecule has 110 valence electrons. The highest BCUT2D eigenvalue weighted by Crippen LogP contribution is 2.29. The van der Waals surface area contributed by atoms with Crippen LogP contribution in [0.1, 0.15) is 20.7 Å². The summed E-state index contributed by atoms with van der Waals surface area (Å²) < 4.78 is 5.08. The molecule has 0 saturated heterocycles. The lowest BCUT2D eigenvalue weighted by Gasteiger charge is -2.16. The highest BCUT2D eigenvalue weighted by atomic mass is 35.5. The molecule has 0 heterocycles. The number of carbonyl (C=O) groups is 2. The topological polar surface area (TPSA) is 55.4 Å². The molecule has 0 bridgehead atoms. The van der Waals surface area contributed by atoms with Gasteiger partial charge in [-0.05, 0) is 18.2 Å². The molecule has 0 spiro atoms. The number of ether oxygens (including phenoxy) is 1. The number of fused-ring (bicyclic) bond motifs is 1. The number of anilines is 1. The summed E-state index contributed by atoms with van der Waals surface area (Å²) >= 11 is 6.06. The average molecular weight is 314 g/mol. The summed E-state index contributed by atoms with van der Waals surface area (Å²) in [5, 5.41) is 3.36. The first-order chi connectivity index (χ1) is 10.6. The summed E-state index contributed by atoms with van der Waals surface area (Å²) in [6.45, 7) is 0. The van der Waals surface area contributed by atoms with Crippen molar-refractivity contribution in [3.63, 3.8) is 0 Å². The van der Waals surface area contributed by atoms with Crippen molar-refractivity contribution in [2.24, 2.45) is 0 Å². The summed E-state index contributed by atoms with van der Waals surface area (Å²) in [6, 6.07) is 11.8. The molecule has 2 aromatic rings. The van der Waals surface area contributed by atoms with Crippen LogP contribution in [0.15, 0.2) is 54.2 Å². The maximum absolute atomic E-state index is 12.4. The van der Waals surface area contributed by atoms with Crippen molar-refractivity contribution in [2.45, 2.75) is 0 Å². The van der Waals surface area contributed by atoms with E-state index in [0.29, 0.717) is 27.6 Å². The second kappa shape index (κ2) is 5.66. The first kappa shape index (κ1) is 14.4. The van der Waals surface area contributed by atoms with E-state index in [9.17, 15) is 9.59 Å². The fourth-order valence-electron chi connectivity index (χ4n) is 2.31. The Kier molecular flexibility index (Phi) is 3.69. The van der Waals surface area contributed by atoms with Crippen LogP contribution < -0.4 is 10.1 Å². The maximum atomic E-state index is 12.4. The van der Waals surface area contributed by atoms with E-state index >= 15 is 0 Å². The van der Waals surface area contributed by atoms with Gasteiger partial charge in [-0.25, -0.2) is 0 Å². The lowest BCUT2D eigenvalue weighted by Crippen LogP contribution is -2.21. The molecule has 0 radical (unpaired) electrons. The van der Waals surface area contributed by atoms with E-state index in [1.165, 1.54) is 13.2 Å².